The Bertz CT molecular complexity index is 472. The van der Waals surface area contributed by atoms with Gasteiger partial charge >= 0.3 is 0 Å². The molecular weight excluding hydrogens is 302 g/mol. The first kappa shape index (κ1) is 17.7. The van der Waals surface area contributed by atoms with Gasteiger partial charge < -0.3 is 14.7 Å². The van der Waals surface area contributed by atoms with Gasteiger partial charge in [-0.2, -0.15) is 0 Å². The van der Waals surface area contributed by atoms with Crippen molar-refractivity contribution in [3.63, 3.8) is 0 Å². The van der Waals surface area contributed by atoms with Crippen LogP contribution in [-0.4, -0.2) is 93.4 Å². The molecule has 0 aromatic rings. The van der Waals surface area contributed by atoms with E-state index in [0.29, 0.717) is 19.0 Å². The van der Waals surface area contributed by atoms with Crippen LogP contribution in [0.15, 0.2) is 0 Å². The molecule has 2 heterocycles. The molecule has 1 atom stereocenters. The van der Waals surface area contributed by atoms with E-state index in [2.05, 4.69) is 16.8 Å². The lowest BCUT2D eigenvalue weighted by Gasteiger charge is -2.38. The molecule has 1 unspecified atom stereocenters. The maximum absolute atomic E-state index is 12.2. The number of nitrogens with zero attached hydrogens (tertiary/aromatic N) is 3. The fraction of sp³-hybridized carbons (Fsp3) is 0.933. The minimum atomic E-state index is -3.23. The first-order chi connectivity index (χ1) is 10.4. The van der Waals surface area contributed by atoms with Crippen LogP contribution in [0.25, 0.3) is 0 Å². The summed E-state index contributed by atoms with van der Waals surface area (Å²) in [5.41, 5.74) is 0. The Morgan fingerprint density at radius 2 is 1.82 bits per heavy atom. The van der Waals surface area contributed by atoms with Gasteiger partial charge in [-0.25, -0.2) is 8.42 Å². The highest BCUT2D eigenvalue weighted by Gasteiger charge is 2.28. The minimum Gasteiger partial charge on any atom is -0.341 e. The van der Waals surface area contributed by atoms with Crippen LogP contribution < -0.4 is 0 Å². The number of sulfone groups is 1. The lowest BCUT2D eigenvalue weighted by Crippen LogP contribution is -2.49. The third kappa shape index (κ3) is 5.21. The zero-order valence-electron chi connectivity index (χ0n) is 13.8. The number of amides is 1. The molecule has 2 fully saturated rings. The fourth-order valence-electron chi connectivity index (χ4n) is 3.22. The summed E-state index contributed by atoms with van der Waals surface area (Å²) in [5.74, 6) is -0.0301. The van der Waals surface area contributed by atoms with Crippen molar-refractivity contribution in [2.45, 2.75) is 19.8 Å². The number of carbonyl (C=O) groups excluding carboxylic acids is 1. The summed E-state index contributed by atoms with van der Waals surface area (Å²) < 4.78 is 23.2. The molecule has 0 N–H and O–H groups in total. The van der Waals surface area contributed by atoms with Crippen molar-refractivity contribution in [2.75, 3.05) is 64.4 Å². The Kier molecular flexibility index (Phi) is 6.23. The first-order valence-corrected chi connectivity index (χ1v) is 10.1. The van der Waals surface area contributed by atoms with E-state index in [0.717, 1.165) is 45.6 Å². The molecule has 2 aliphatic rings. The van der Waals surface area contributed by atoms with Crippen molar-refractivity contribution < 1.29 is 13.2 Å². The molecule has 0 aromatic heterocycles. The van der Waals surface area contributed by atoms with Crippen LogP contribution in [0.3, 0.4) is 0 Å². The normalized spacial score (nSPS) is 25.4. The second-order valence-corrected chi connectivity index (χ2v) is 8.98. The second kappa shape index (κ2) is 7.75. The number of hydrogen-bond donors (Lipinski definition) is 0. The van der Waals surface area contributed by atoms with Crippen molar-refractivity contribution in [1.82, 2.24) is 14.7 Å². The van der Waals surface area contributed by atoms with E-state index >= 15 is 0 Å². The number of likely N-dealkylation sites (N-methyl/N-ethyl adjacent to an activating group) is 1. The van der Waals surface area contributed by atoms with Gasteiger partial charge in [0.15, 0.2) is 9.84 Å². The molecule has 0 radical (unpaired) electrons. The average Bonchev–Trinajstić information content (AvgIpc) is 2.49. The van der Waals surface area contributed by atoms with Gasteiger partial charge in [0, 0.05) is 51.6 Å². The summed E-state index contributed by atoms with van der Waals surface area (Å²) in [6.07, 6.45) is 2.12. The predicted octanol–water partition coefficient (Wildman–Crippen LogP) is -0.0929. The van der Waals surface area contributed by atoms with Crippen molar-refractivity contribution in [1.29, 1.82) is 0 Å². The third-order valence-electron chi connectivity index (χ3n) is 4.77. The van der Waals surface area contributed by atoms with E-state index in [-0.39, 0.29) is 17.4 Å². The summed E-state index contributed by atoms with van der Waals surface area (Å²) in [6.45, 7) is 8.42. The zero-order chi connectivity index (χ0) is 16.2. The largest absolute Gasteiger partial charge is 0.341 e. The summed E-state index contributed by atoms with van der Waals surface area (Å²) in [4.78, 5) is 18.8. The first-order valence-electron chi connectivity index (χ1n) is 8.28. The number of likely N-dealkylation sites (tertiary alicyclic amines) is 1. The van der Waals surface area contributed by atoms with Gasteiger partial charge in [0.25, 0.3) is 0 Å². The van der Waals surface area contributed by atoms with Crippen LogP contribution in [0.2, 0.25) is 0 Å². The number of carbonyl (C=O) groups is 1. The van der Waals surface area contributed by atoms with Gasteiger partial charge in [-0.1, -0.05) is 6.92 Å². The molecule has 7 heteroatoms. The fourth-order valence-corrected chi connectivity index (χ4v) is 3.98. The Labute approximate surface area is 134 Å². The molecule has 0 saturated carbocycles. The SMILES string of the molecule is CCS(=O)(=O)CC(=O)N1CCCC(CN2CCN(C)CC2)C1. The highest BCUT2D eigenvalue weighted by molar-refractivity contribution is 7.92. The molecule has 1 amide bonds. The lowest BCUT2D eigenvalue weighted by atomic mass is 9.97. The maximum Gasteiger partial charge on any atom is 0.237 e. The quantitative estimate of drug-likeness (QED) is 0.704. The second-order valence-electron chi connectivity index (χ2n) is 6.63. The van der Waals surface area contributed by atoms with Crippen molar-refractivity contribution in [2.24, 2.45) is 5.92 Å². The Morgan fingerprint density at radius 1 is 1.14 bits per heavy atom. The van der Waals surface area contributed by atoms with Gasteiger partial charge in [-0.15, -0.1) is 0 Å². The summed E-state index contributed by atoms with van der Waals surface area (Å²) in [7, 11) is -1.08. The topological polar surface area (TPSA) is 60.9 Å². The molecule has 0 bridgehead atoms. The highest BCUT2D eigenvalue weighted by atomic mass is 32.2. The summed E-state index contributed by atoms with van der Waals surface area (Å²) in [5, 5.41) is 0. The van der Waals surface area contributed by atoms with Gasteiger partial charge in [0.2, 0.25) is 5.91 Å². The Hall–Kier alpha value is -0.660. The molecule has 0 aromatic carbocycles. The average molecular weight is 331 g/mol. The molecule has 22 heavy (non-hydrogen) atoms. The molecule has 2 aliphatic heterocycles. The van der Waals surface area contributed by atoms with Crippen molar-refractivity contribution >= 4 is 15.7 Å². The van der Waals surface area contributed by atoms with Crippen LogP contribution in [-0.2, 0) is 14.6 Å². The molecule has 2 rings (SSSR count). The third-order valence-corrected chi connectivity index (χ3v) is 6.33. The van der Waals surface area contributed by atoms with Crippen LogP contribution in [0.1, 0.15) is 19.8 Å². The molecule has 2 saturated heterocycles. The number of hydrogen-bond acceptors (Lipinski definition) is 5. The van der Waals surface area contributed by atoms with Crippen molar-refractivity contribution in [3.05, 3.63) is 0 Å². The van der Waals surface area contributed by atoms with Gasteiger partial charge in [-0.3, -0.25) is 4.79 Å². The van der Waals surface area contributed by atoms with Crippen LogP contribution in [0.5, 0.6) is 0 Å². The zero-order valence-corrected chi connectivity index (χ0v) is 14.6. The molecule has 128 valence electrons. The summed E-state index contributed by atoms with van der Waals surface area (Å²) in [6, 6.07) is 0. The van der Waals surface area contributed by atoms with E-state index in [1.54, 1.807) is 11.8 Å². The van der Waals surface area contributed by atoms with Crippen molar-refractivity contribution in [3.8, 4) is 0 Å². The standard InChI is InChI=1S/C15H29N3O3S/c1-3-22(20,21)13-15(19)18-6-4-5-14(12-18)11-17-9-7-16(2)8-10-17/h14H,3-13H2,1-2H3. The smallest absolute Gasteiger partial charge is 0.237 e. The van der Waals surface area contributed by atoms with Crippen LogP contribution in [0, 0.1) is 5.92 Å². The Morgan fingerprint density at radius 3 is 2.45 bits per heavy atom. The van der Waals surface area contributed by atoms with E-state index in [4.69, 9.17) is 0 Å². The van der Waals surface area contributed by atoms with E-state index < -0.39 is 9.84 Å². The number of piperidine rings is 1. The molecular formula is C15H29N3O3S. The number of rotatable bonds is 5. The monoisotopic (exact) mass is 331 g/mol. The van der Waals surface area contributed by atoms with Gasteiger partial charge in [0.1, 0.15) is 5.75 Å². The maximum atomic E-state index is 12.2. The van der Waals surface area contributed by atoms with Gasteiger partial charge in [0.05, 0.1) is 0 Å². The van der Waals surface area contributed by atoms with E-state index in [1.165, 1.54) is 0 Å². The minimum absolute atomic E-state index is 0.0390. The summed E-state index contributed by atoms with van der Waals surface area (Å²) >= 11 is 0. The highest BCUT2D eigenvalue weighted by Crippen LogP contribution is 2.19. The number of piperazine rings is 1. The Balaban J connectivity index is 1.82. The van der Waals surface area contributed by atoms with Gasteiger partial charge in [-0.05, 0) is 25.8 Å². The predicted molar refractivity (Wildman–Crippen MR) is 87.6 cm³/mol. The van der Waals surface area contributed by atoms with Crippen LogP contribution >= 0.6 is 0 Å². The van der Waals surface area contributed by atoms with E-state index in [9.17, 15) is 13.2 Å². The lowest BCUT2D eigenvalue weighted by molar-refractivity contribution is -0.130. The molecule has 0 spiro atoms. The molecule has 6 nitrogen and oxygen atoms in total. The molecule has 0 aliphatic carbocycles. The van der Waals surface area contributed by atoms with E-state index in [1.807, 2.05) is 0 Å². The van der Waals surface area contributed by atoms with Crippen LogP contribution in [0.4, 0.5) is 0 Å².